The van der Waals surface area contributed by atoms with Crippen LogP contribution >= 0.6 is 0 Å². The number of nitrogens with two attached hydrogens (primary N) is 1. The van der Waals surface area contributed by atoms with Gasteiger partial charge in [0.05, 0.1) is 12.9 Å². The third kappa shape index (κ3) is 6.04. The molecule has 0 aromatic carbocycles. The van der Waals surface area contributed by atoms with Gasteiger partial charge in [0.1, 0.15) is 17.9 Å². The fourth-order valence-corrected chi connectivity index (χ4v) is 4.74. The van der Waals surface area contributed by atoms with Crippen LogP contribution < -0.4 is 5.73 Å². The van der Waals surface area contributed by atoms with Gasteiger partial charge in [0.2, 0.25) is 0 Å². The van der Waals surface area contributed by atoms with Crippen molar-refractivity contribution >= 4 is 37.2 Å². The molecular formula is C24H39N5O6Si. The highest BCUT2D eigenvalue weighted by molar-refractivity contribution is 6.74. The van der Waals surface area contributed by atoms with E-state index in [2.05, 4.69) is 48.8 Å². The van der Waals surface area contributed by atoms with Crippen LogP contribution in [0, 0.1) is 0 Å². The fourth-order valence-electron chi connectivity index (χ4n) is 3.73. The molecule has 0 spiro atoms. The molecule has 36 heavy (non-hydrogen) atoms. The van der Waals surface area contributed by atoms with Gasteiger partial charge >= 0.3 is 11.9 Å². The minimum absolute atomic E-state index is 0.0264. The van der Waals surface area contributed by atoms with E-state index in [0.717, 1.165) is 0 Å². The molecule has 0 radical (unpaired) electrons. The number of carbonyl (C=O) groups excluding carboxylic acids is 2. The minimum Gasteiger partial charge on any atom is -0.455 e. The molecule has 1 fully saturated rings. The lowest BCUT2D eigenvalue weighted by molar-refractivity contribution is -0.168. The number of aromatic nitrogens is 4. The zero-order valence-electron chi connectivity index (χ0n) is 22.3. The number of esters is 2. The zero-order valence-corrected chi connectivity index (χ0v) is 23.3. The van der Waals surface area contributed by atoms with Crippen molar-refractivity contribution in [3.8, 4) is 0 Å². The van der Waals surface area contributed by atoms with E-state index in [4.69, 9.17) is 24.4 Å². The molecular weight excluding hydrogens is 482 g/mol. The van der Waals surface area contributed by atoms with Crippen LogP contribution in [0.25, 0.3) is 11.2 Å². The number of imidazole rings is 1. The quantitative estimate of drug-likeness (QED) is 0.363. The molecule has 200 valence electrons. The number of fused-ring (bicyclic) bond motifs is 1. The first-order chi connectivity index (χ1) is 16.9. The molecule has 1 saturated heterocycles. The number of hydrogen-bond donors (Lipinski definition) is 1. The molecule has 0 amide bonds. The van der Waals surface area contributed by atoms with Crippen LogP contribution in [-0.4, -0.2) is 64.7 Å². The predicted octanol–water partition coefficient (Wildman–Crippen LogP) is 3.75. The van der Waals surface area contributed by atoms with Crippen molar-refractivity contribution in [3.63, 3.8) is 0 Å². The van der Waals surface area contributed by atoms with Crippen LogP contribution in [0.2, 0.25) is 18.1 Å². The summed E-state index contributed by atoms with van der Waals surface area (Å²) < 4.78 is 26.2. The number of rotatable bonds is 10. The fraction of sp³-hybridized carbons (Fsp3) is 0.708. The van der Waals surface area contributed by atoms with E-state index < -0.39 is 38.8 Å². The van der Waals surface area contributed by atoms with Crippen LogP contribution in [-0.2, 0) is 28.2 Å². The van der Waals surface area contributed by atoms with Gasteiger partial charge in [-0.15, -0.1) is 0 Å². The Morgan fingerprint density at radius 3 is 2.25 bits per heavy atom. The van der Waals surface area contributed by atoms with Gasteiger partial charge in [0, 0.05) is 12.8 Å². The summed E-state index contributed by atoms with van der Waals surface area (Å²) >= 11 is 0. The van der Waals surface area contributed by atoms with Crippen molar-refractivity contribution in [1.29, 1.82) is 0 Å². The molecule has 0 unspecified atom stereocenters. The van der Waals surface area contributed by atoms with Crippen molar-refractivity contribution in [1.82, 2.24) is 19.5 Å². The van der Waals surface area contributed by atoms with Crippen molar-refractivity contribution in [2.45, 2.75) is 103 Å². The van der Waals surface area contributed by atoms with Gasteiger partial charge in [0.15, 0.2) is 38.2 Å². The van der Waals surface area contributed by atoms with Crippen molar-refractivity contribution in [2.24, 2.45) is 0 Å². The number of carbonyl (C=O) groups is 2. The van der Waals surface area contributed by atoms with Gasteiger partial charge in [0.25, 0.3) is 0 Å². The van der Waals surface area contributed by atoms with Crippen molar-refractivity contribution in [3.05, 3.63) is 12.7 Å². The number of anilines is 1. The normalized spacial score (nSPS) is 22.6. The first-order valence-corrected chi connectivity index (χ1v) is 15.4. The lowest BCUT2D eigenvalue weighted by atomic mass is 10.1. The number of nitrogen functional groups attached to an aromatic ring is 1. The maximum Gasteiger partial charge on any atom is 0.306 e. The molecule has 2 aromatic heterocycles. The molecule has 1 aliphatic rings. The second-order valence-electron chi connectivity index (χ2n) is 10.6. The highest BCUT2D eigenvalue weighted by Crippen LogP contribution is 2.40. The summed E-state index contributed by atoms with van der Waals surface area (Å²) in [6.45, 7) is 14.7. The van der Waals surface area contributed by atoms with Gasteiger partial charge in [-0.2, -0.15) is 0 Å². The second-order valence-corrected chi connectivity index (χ2v) is 15.4. The molecule has 0 aliphatic carbocycles. The Morgan fingerprint density at radius 2 is 1.67 bits per heavy atom. The van der Waals surface area contributed by atoms with Crippen molar-refractivity contribution in [2.75, 3.05) is 12.3 Å². The summed E-state index contributed by atoms with van der Waals surface area (Å²) in [6, 6.07) is 0. The van der Waals surface area contributed by atoms with Crippen LogP contribution in [0.1, 0.15) is 66.5 Å². The summed E-state index contributed by atoms with van der Waals surface area (Å²) in [4.78, 5) is 37.9. The van der Waals surface area contributed by atoms with E-state index in [-0.39, 0.29) is 36.3 Å². The molecule has 2 N–H and O–H groups in total. The number of hydrogen-bond acceptors (Lipinski definition) is 10. The van der Waals surface area contributed by atoms with E-state index in [9.17, 15) is 9.59 Å². The molecule has 2 aromatic rings. The lowest BCUT2D eigenvalue weighted by Crippen LogP contribution is -2.46. The molecule has 3 heterocycles. The standard InChI is InChI=1S/C24H39N5O6Si/c1-8-10-16(30)34-19-15(12-32-36(6,7)24(3,4)5)33-23(20(19)35-17(31)11-9-2)29-14-28-18-21(25)26-13-27-22(18)29/h13-15,19-20,23H,8-12H2,1-7H3,(H2,25,26,27)/t15-,19-,20+,23-/m1/s1. The first kappa shape index (κ1) is 28.0. The molecule has 3 rings (SSSR count). The Labute approximate surface area is 213 Å². The van der Waals surface area contributed by atoms with E-state index in [1.54, 1.807) is 4.57 Å². The molecule has 12 heteroatoms. The maximum absolute atomic E-state index is 12.6. The summed E-state index contributed by atoms with van der Waals surface area (Å²) in [5.74, 6) is -0.570. The van der Waals surface area contributed by atoms with Crippen LogP contribution in [0.5, 0.6) is 0 Å². The van der Waals surface area contributed by atoms with E-state index in [1.807, 2.05) is 13.8 Å². The van der Waals surface area contributed by atoms with Crippen LogP contribution in [0.3, 0.4) is 0 Å². The third-order valence-corrected chi connectivity index (χ3v) is 11.3. The first-order valence-electron chi connectivity index (χ1n) is 12.5. The Balaban J connectivity index is 2.00. The van der Waals surface area contributed by atoms with Crippen molar-refractivity contribution < 1.29 is 28.2 Å². The van der Waals surface area contributed by atoms with E-state index >= 15 is 0 Å². The largest absolute Gasteiger partial charge is 0.455 e. The Bertz CT molecular complexity index is 1070. The third-order valence-electron chi connectivity index (χ3n) is 6.80. The monoisotopic (exact) mass is 521 g/mol. The minimum atomic E-state index is -2.15. The second kappa shape index (κ2) is 11.2. The summed E-state index contributed by atoms with van der Waals surface area (Å²) in [5.41, 5.74) is 6.80. The zero-order chi connectivity index (χ0) is 26.7. The maximum atomic E-state index is 12.6. The van der Waals surface area contributed by atoms with Crippen LogP contribution in [0.4, 0.5) is 5.82 Å². The summed E-state index contributed by atoms with van der Waals surface area (Å²) in [7, 11) is -2.15. The molecule has 0 saturated carbocycles. The number of nitrogens with zero attached hydrogens (tertiary/aromatic N) is 4. The lowest BCUT2D eigenvalue weighted by Gasteiger charge is -2.37. The summed E-state index contributed by atoms with van der Waals surface area (Å²) in [6.07, 6.45) is 1.26. The average Bonchev–Trinajstić information content (AvgIpc) is 3.35. The Hall–Kier alpha value is -2.57. The van der Waals surface area contributed by atoms with Gasteiger partial charge in [-0.3, -0.25) is 14.2 Å². The molecule has 1 aliphatic heterocycles. The Kier molecular flexibility index (Phi) is 8.73. The van der Waals surface area contributed by atoms with Gasteiger partial charge in [-0.05, 0) is 31.0 Å². The Morgan fingerprint density at radius 1 is 1.06 bits per heavy atom. The SMILES string of the molecule is CCCC(=O)O[C@H]1[C@H](OC(=O)CCC)[C@@H](CO[Si](C)(C)C(C)(C)C)O[C@H]1n1cnc2c(N)ncnc21. The highest BCUT2D eigenvalue weighted by Gasteiger charge is 2.52. The van der Waals surface area contributed by atoms with E-state index in [1.165, 1.54) is 12.7 Å². The topological polar surface area (TPSA) is 141 Å². The molecule has 11 nitrogen and oxygen atoms in total. The average molecular weight is 522 g/mol. The highest BCUT2D eigenvalue weighted by atomic mass is 28.4. The summed E-state index contributed by atoms with van der Waals surface area (Å²) in [5, 5.41) is -0.0264. The smallest absolute Gasteiger partial charge is 0.306 e. The van der Waals surface area contributed by atoms with Gasteiger partial charge in [-0.25, -0.2) is 15.0 Å². The molecule has 4 atom stereocenters. The predicted molar refractivity (Wildman–Crippen MR) is 136 cm³/mol. The van der Waals surface area contributed by atoms with Gasteiger partial charge < -0.3 is 24.4 Å². The van der Waals surface area contributed by atoms with Gasteiger partial charge in [-0.1, -0.05) is 34.6 Å². The molecule has 0 bridgehead atoms. The van der Waals surface area contributed by atoms with E-state index in [0.29, 0.717) is 24.0 Å². The number of ether oxygens (including phenoxy) is 3. The van der Waals surface area contributed by atoms with Crippen LogP contribution in [0.15, 0.2) is 12.7 Å².